The van der Waals surface area contributed by atoms with Crippen LogP contribution in [0.2, 0.25) is 5.15 Å². The lowest BCUT2D eigenvalue weighted by Crippen LogP contribution is -2.38. The van der Waals surface area contributed by atoms with Crippen LogP contribution in [0, 0.1) is 0 Å². The summed E-state index contributed by atoms with van der Waals surface area (Å²) in [6, 6.07) is 1.90. The molecule has 1 saturated heterocycles. The summed E-state index contributed by atoms with van der Waals surface area (Å²) in [5.41, 5.74) is 0.193. The summed E-state index contributed by atoms with van der Waals surface area (Å²) in [4.78, 5) is 11.4. The monoisotopic (exact) mass is 251 g/mol. The first-order valence-electron chi connectivity index (χ1n) is 6.38. The van der Waals surface area contributed by atoms with E-state index in [4.69, 9.17) is 16.6 Å². The molecule has 1 aromatic rings. The molecule has 0 spiro atoms. The van der Waals surface area contributed by atoms with Crippen LogP contribution in [0.15, 0.2) is 6.07 Å². The normalized spacial score (nSPS) is 23.1. The summed E-state index contributed by atoms with van der Waals surface area (Å²) in [6.45, 7) is 5.62. The fourth-order valence-electron chi connectivity index (χ4n) is 2.62. The molecule has 0 aromatic carbocycles. The highest BCUT2D eigenvalue weighted by atomic mass is 35.5. The highest BCUT2D eigenvalue weighted by molar-refractivity contribution is 6.29. The Morgan fingerprint density at radius 1 is 1.35 bits per heavy atom. The lowest BCUT2D eigenvalue weighted by Gasteiger charge is -2.32. The van der Waals surface area contributed by atoms with Crippen molar-refractivity contribution in [2.24, 2.45) is 0 Å². The highest BCUT2D eigenvalue weighted by Gasteiger charge is 2.34. The fourth-order valence-corrected chi connectivity index (χ4v) is 2.80. The first-order chi connectivity index (χ1) is 8.06. The second kappa shape index (κ2) is 3.84. The molecule has 2 heterocycles. The Morgan fingerprint density at radius 3 is 2.71 bits per heavy atom. The second-order valence-corrected chi connectivity index (χ2v) is 6.14. The number of nitrogens with zero attached hydrogens (tertiary/aromatic N) is 3. The third kappa shape index (κ3) is 2.13. The zero-order valence-electron chi connectivity index (χ0n) is 10.4. The van der Waals surface area contributed by atoms with E-state index in [2.05, 4.69) is 23.7 Å². The van der Waals surface area contributed by atoms with Crippen molar-refractivity contribution in [2.75, 3.05) is 11.4 Å². The minimum atomic E-state index is 0.193. The molecule has 3 rings (SSSR count). The van der Waals surface area contributed by atoms with Gasteiger partial charge in [0.15, 0.2) is 0 Å². The van der Waals surface area contributed by atoms with Gasteiger partial charge in [-0.1, -0.05) is 11.6 Å². The summed E-state index contributed by atoms with van der Waals surface area (Å²) in [5, 5.41) is 0.583. The van der Waals surface area contributed by atoms with Gasteiger partial charge in [0.05, 0.1) is 0 Å². The Balaban J connectivity index is 1.96. The molecular formula is C13H18ClN3. The molecule has 2 fully saturated rings. The molecule has 1 saturated carbocycles. The maximum absolute atomic E-state index is 6.12. The molecule has 0 radical (unpaired) electrons. The van der Waals surface area contributed by atoms with Gasteiger partial charge in [-0.15, -0.1) is 0 Å². The van der Waals surface area contributed by atoms with Crippen LogP contribution in [0.25, 0.3) is 0 Å². The van der Waals surface area contributed by atoms with Crippen LogP contribution in [0.5, 0.6) is 0 Å². The van der Waals surface area contributed by atoms with Gasteiger partial charge in [0.1, 0.15) is 16.8 Å². The van der Waals surface area contributed by atoms with Crippen molar-refractivity contribution < 1.29 is 0 Å². The minimum Gasteiger partial charge on any atom is -0.351 e. The molecule has 0 N–H and O–H groups in total. The molecule has 0 bridgehead atoms. The van der Waals surface area contributed by atoms with E-state index in [1.807, 2.05) is 6.07 Å². The zero-order valence-corrected chi connectivity index (χ0v) is 11.2. The first-order valence-corrected chi connectivity index (χ1v) is 6.76. The van der Waals surface area contributed by atoms with Gasteiger partial charge in [-0.3, -0.25) is 0 Å². The number of aromatic nitrogens is 2. The maximum atomic E-state index is 6.12. The first kappa shape index (κ1) is 11.3. The third-order valence-electron chi connectivity index (χ3n) is 3.82. The Labute approximate surface area is 107 Å². The zero-order chi connectivity index (χ0) is 12.0. The maximum Gasteiger partial charge on any atom is 0.135 e. The average Bonchev–Trinajstić information content (AvgIpc) is 3.02. The number of hydrogen-bond acceptors (Lipinski definition) is 3. The Hall–Kier alpha value is -0.830. The quantitative estimate of drug-likeness (QED) is 0.755. The summed E-state index contributed by atoms with van der Waals surface area (Å²) in [7, 11) is 0. The largest absolute Gasteiger partial charge is 0.351 e. The summed E-state index contributed by atoms with van der Waals surface area (Å²) in [5.74, 6) is 2.50. The molecule has 17 heavy (non-hydrogen) atoms. The number of rotatable bonds is 2. The van der Waals surface area contributed by atoms with Crippen LogP contribution in [0.4, 0.5) is 5.82 Å². The van der Waals surface area contributed by atoms with E-state index in [0.29, 0.717) is 11.1 Å². The smallest absolute Gasteiger partial charge is 0.135 e. The second-order valence-electron chi connectivity index (χ2n) is 5.75. The van der Waals surface area contributed by atoms with Crippen molar-refractivity contribution in [3.63, 3.8) is 0 Å². The third-order valence-corrected chi connectivity index (χ3v) is 4.01. The molecule has 2 aliphatic rings. The summed E-state index contributed by atoms with van der Waals surface area (Å²) in [6.07, 6.45) is 4.87. The average molecular weight is 252 g/mol. The predicted molar refractivity (Wildman–Crippen MR) is 69.7 cm³/mol. The van der Waals surface area contributed by atoms with E-state index in [9.17, 15) is 0 Å². The Bertz CT molecular complexity index is 440. The lowest BCUT2D eigenvalue weighted by molar-refractivity contribution is 0.513. The van der Waals surface area contributed by atoms with E-state index in [1.54, 1.807) is 0 Å². The minimum absolute atomic E-state index is 0.193. The van der Waals surface area contributed by atoms with Gasteiger partial charge in [-0.05, 0) is 39.5 Å². The molecule has 92 valence electrons. The molecule has 1 aliphatic heterocycles. The van der Waals surface area contributed by atoms with E-state index in [1.165, 1.54) is 25.7 Å². The van der Waals surface area contributed by atoms with E-state index >= 15 is 0 Å². The number of anilines is 1. The van der Waals surface area contributed by atoms with Crippen LogP contribution in [-0.2, 0) is 0 Å². The molecule has 3 nitrogen and oxygen atoms in total. The van der Waals surface area contributed by atoms with Crippen molar-refractivity contribution in [1.29, 1.82) is 0 Å². The molecule has 1 aromatic heterocycles. The van der Waals surface area contributed by atoms with Crippen molar-refractivity contribution >= 4 is 17.4 Å². The van der Waals surface area contributed by atoms with Gasteiger partial charge < -0.3 is 4.90 Å². The molecule has 4 heteroatoms. The van der Waals surface area contributed by atoms with E-state index in [-0.39, 0.29) is 5.54 Å². The van der Waals surface area contributed by atoms with Crippen LogP contribution >= 0.6 is 11.6 Å². The van der Waals surface area contributed by atoms with Crippen LogP contribution in [0.1, 0.15) is 51.3 Å². The summed E-state index contributed by atoms with van der Waals surface area (Å²) < 4.78 is 0. The van der Waals surface area contributed by atoms with Crippen molar-refractivity contribution in [2.45, 2.75) is 51.0 Å². The number of halogens is 1. The molecule has 0 unspecified atom stereocenters. The van der Waals surface area contributed by atoms with Gasteiger partial charge in [0, 0.05) is 24.1 Å². The summed E-state index contributed by atoms with van der Waals surface area (Å²) >= 11 is 6.12. The van der Waals surface area contributed by atoms with Crippen LogP contribution < -0.4 is 4.90 Å². The topological polar surface area (TPSA) is 29.0 Å². The highest BCUT2D eigenvalue weighted by Crippen LogP contribution is 2.40. The lowest BCUT2D eigenvalue weighted by atomic mass is 10.0. The van der Waals surface area contributed by atoms with Crippen molar-refractivity contribution in [3.05, 3.63) is 17.0 Å². The van der Waals surface area contributed by atoms with Gasteiger partial charge in [-0.25, -0.2) is 9.97 Å². The fraction of sp³-hybridized carbons (Fsp3) is 0.692. The molecule has 1 aliphatic carbocycles. The molecular weight excluding hydrogens is 234 g/mol. The van der Waals surface area contributed by atoms with Gasteiger partial charge in [0.25, 0.3) is 0 Å². The van der Waals surface area contributed by atoms with Gasteiger partial charge in [-0.2, -0.15) is 0 Å². The van der Waals surface area contributed by atoms with E-state index < -0.39 is 0 Å². The van der Waals surface area contributed by atoms with Crippen LogP contribution in [0.3, 0.4) is 0 Å². The Morgan fingerprint density at radius 2 is 2.12 bits per heavy atom. The number of hydrogen-bond donors (Lipinski definition) is 0. The molecule has 0 atom stereocenters. The van der Waals surface area contributed by atoms with Gasteiger partial charge >= 0.3 is 0 Å². The van der Waals surface area contributed by atoms with Crippen LogP contribution in [-0.4, -0.2) is 22.1 Å². The SMILES string of the molecule is CC1(C)CCCN1c1cc(Cl)nc(C2CC2)n1. The predicted octanol–water partition coefficient (Wildman–Crippen LogP) is 3.39. The van der Waals surface area contributed by atoms with Crippen molar-refractivity contribution in [1.82, 2.24) is 9.97 Å². The standard InChI is InChI=1S/C13H18ClN3/c1-13(2)6-3-7-17(13)11-8-10(14)15-12(16-11)9-4-5-9/h8-9H,3-7H2,1-2H3. The van der Waals surface area contributed by atoms with E-state index in [0.717, 1.165) is 18.2 Å². The van der Waals surface area contributed by atoms with Gasteiger partial charge in [0.2, 0.25) is 0 Å². The molecule has 0 amide bonds. The van der Waals surface area contributed by atoms with Crippen molar-refractivity contribution in [3.8, 4) is 0 Å². The Kier molecular flexibility index (Phi) is 2.54.